The Hall–Kier alpha value is -1.37. The van der Waals surface area contributed by atoms with Crippen LogP contribution in [0.4, 0.5) is 0 Å². The van der Waals surface area contributed by atoms with Crippen LogP contribution in [0.25, 0.3) is 0 Å². The molecule has 1 saturated carbocycles. The van der Waals surface area contributed by atoms with Crippen LogP contribution in [0.2, 0.25) is 0 Å². The summed E-state index contributed by atoms with van der Waals surface area (Å²) in [5, 5.41) is 9.22. The Morgan fingerprint density at radius 3 is 2.50 bits per heavy atom. The minimum Gasteiger partial charge on any atom is -0.330 e. The van der Waals surface area contributed by atoms with E-state index < -0.39 is 0 Å². The van der Waals surface area contributed by atoms with E-state index in [2.05, 4.69) is 23.1 Å². The van der Waals surface area contributed by atoms with Crippen molar-refractivity contribution in [3.63, 3.8) is 0 Å². The molecule has 0 spiro atoms. The van der Waals surface area contributed by atoms with Gasteiger partial charge < -0.3 is 5.73 Å². The van der Waals surface area contributed by atoms with Crippen LogP contribution in [-0.2, 0) is 0 Å². The van der Waals surface area contributed by atoms with Crippen molar-refractivity contribution in [1.82, 2.24) is 4.90 Å². The first kappa shape index (κ1) is 13.6. The van der Waals surface area contributed by atoms with E-state index in [1.165, 1.54) is 44.3 Å². The first-order valence-electron chi connectivity index (χ1n) is 7.75. The second-order valence-corrected chi connectivity index (χ2v) is 6.26. The molecule has 1 saturated heterocycles. The fraction of sp³-hybridized carbons (Fsp3) is 0.588. The predicted molar refractivity (Wildman–Crippen MR) is 80.3 cm³/mol. The van der Waals surface area contributed by atoms with Gasteiger partial charge in [-0.1, -0.05) is 18.2 Å². The number of rotatable bonds is 3. The van der Waals surface area contributed by atoms with Crippen LogP contribution in [0.3, 0.4) is 0 Å². The van der Waals surface area contributed by atoms with Gasteiger partial charge in [-0.05, 0) is 55.7 Å². The zero-order valence-electron chi connectivity index (χ0n) is 12.0. The monoisotopic (exact) mass is 269 g/mol. The number of nitrogens with zero attached hydrogens (tertiary/aromatic N) is 2. The lowest BCUT2D eigenvalue weighted by Crippen LogP contribution is -2.55. The van der Waals surface area contributed by atoms with Crippen LogP contribution < -0.4 is 5.73 Å². The molecule has 0 amide bonds. The van der Waals surface area contributed by atoms with Crippen LogP contribution in [0, 0.1) is 17.2 Å². The molecule has 3 heteroatoms. The van der Waals surface area contributed by atoms with Gasteiger partial charge in [0.1, 0.15) is 0 Å². The van der Waals surface area contributed by atoms with Crippen molar-refractivity contribution in [2.24, 2.45) is 11.7 Å². The van der Waals surface area contributed by atoms with Gasteiger partial charge in [-0.3, -0.25) is 4.90 Å². The molecule has 2 aliphatic rings. The molecule has 2 fully saturated rings. The third-order valence-corrected chi connectivity index (χ3v) is 5.05. The van der Waals surface area contributed by atoms with Crippen LogP contribution in [0.5, 0.6) is 0 Å². The normalized spacial score (nSPS) is 27.8. The first-order valence-corrected chi connectivity index (χ1v) is 7.75. The Bertz CT molecular complexity index is 491. The summed E-state index contributed by atoms with van der Waals surface area (Å²) < 4.78 is 0. The lowest BCUT2D eigenvalue weighted by atomic mass is 9.78. The largest absolute Gasteiger partial charge is 0.330 e. The van der Waals surface area contributed by atoms with Gasteiger partial charge in [0.05, 0.1) is 11.6 Å². The number of likely N-dealkylation sites (tertiary alicyclic amines) is 1. The Kier molecular flexibility index (Phi) is 4.05. The summed E-state index contributed by atoms with van der Waals surface area (Å²) in [6, 6.07) is 11.2. The second kappa shape index (κ2) is 5.95. The van der Waals surface area contributed by atoms with Crippen molar-refractivity contribution >= 4 is 0 Å². The molecule has 2 N–H and O–H groups in total. The lowest BCUT2D eigenvalue weighted by Gasteiger charge is -2.46. The highest BCUT2D eigenvalue weighted by molar-refractivity contribution is 5.39. The molecule has 0 radical (unpaired) electrons. The summed E-state index contributed by atoms with van der Waals surface area (Å²) in [5.41, 5.74) is 7.82. The van der Waals surface area contributed by atoms with E-state index in [1.54, 1.807) is 0 Å². The van der Waals surface area contributed by atoms with Gasteiger partial charge in [0.2, 0.25) is 0 Å². The standard InChI is InChI=1S/C17H23N3/c18-9-13-11-20(12-13)16-7-5-14(6-8-16)17-4-2-1-3-15(17)10-19/h1-4,13-14,16H,5-9,11-12,18H2/t14-,16-. The molecule has 1 aliphatic heterocycles. The molecule has 1 aromatic carbocycles. The summed E-state index contributed by atoms with van der Waals surface area (Å²) >= 11 is 0. The number of hydrogen-bond donors (Lipinski definition) is 1. The molecule has 1 aromatic rings. The average molecular weight is 269 g/mol. The molecular formula is C17H23N3. The van der Waals surface area contributed by atoms with E-state index >= 15 is 0 Å². The summed E-state index contributed by atoms with van der Waals surface area (Å²) in [5.74, 6) is 1.31. The molecule has 0 aromatic heterocycles. The third-order valence-electron chi connectivity index (χ3n) is 5.05. The Morgan fingerprint density at radius 1 is 1.15 bits per heavy atom. The molecule has 0 atom stereocenters. The summed E-state index contributed by atoms with van der Waals surface area (Å²) in [4.78, 5) is 2.60. The van der Waals surface area contributed by atoms with E-state index in [9.17, 15) is 5.26 Å². The molecular weight excluding hydrogens is 246 g/mol. The van der Waals surface area contributed by atoms with Crippen molar-refractivity contribution in [2.45, 2.75) is 37.6 Å². The summed E-state index contributed by atoms with van der Waals surface area (Å²) in [6.07, 6.45) is 4.96. The molecule has 3 rings (SSSR count). The van der Waals surface area contributed by atoms with Crippen LogP contribution in [0.15, 0.2) is 24.3 Å². The predicted octanol–water partition coefficient (Wildman–Crippen LogP) is 2.47. The first-order chi connectivity index (χ1) is 9.81. The van der Waals surface area contributed by atoms with Crippen molar-refractivity contribution in [1.29, 1.82) is 5.26 Å². The fourth-order valence-electron chi connectivity index (χ4n) is 3.76. The Morgan fingerprint density at radius 2 is 1.85 bits per heavy atom. The molecule has 106 valence electrons. The van der Waals surface area contributed by atoms with Crippen LogP contribution in [0.1, 0.15) is 42.7 Å². The Labute approximate surface area is 121 Å². The SMILES string of the molecule is N#Cc1ccccc1[C@H]1CC[C@H](N2CC(CN)C2)CC1. The van der Waals surface area contributed by atoms with E-state index in [1.807, 2.05) is 12.1 Å². The highest BCUT2D eigenvalue weighted by Gasteiger charge is 2.34. The van der Waals surface area contributed by atoms with Gasteiger partial charge in [-0.15, -0.1) is 0 Å². The van der Waals surface area contributed by atoms with Gasteiger partial charge >= 0.3 is 0 Å². The smallest absolute Gasteiger partial charge is 0.0994 e. The van der Waals surface area contributed by atoms with Gasteiger partial charge in [0.15, 0.2) is 0 Å². The zero-order valence-corrected chi connectivity index (χ0v) is 12.0. The van der Waals surface area contributed by atoms with Gasteiger partial charge in [-0.2, -0.15) is 5.26 Å². The van der Waals surface area contributed by atoms with Gasteiger partial charge in [0.25, 0.3) is 0 Å². The maximum Gasteiger partial charge on any atom is 0.0994 e. The van der Waals surface area contributed by atoms with Gasteiger partial charge in [0, 0.05) is 19.1 Å². The highest BCUT2D eigenvalue weighted by Crippen LogP contribution is 2.37. The number of benzene rings is 1. The quantitative estimate of drug-likeness (QED) is 0.917. The number of hydrogen-bond acceptors (Lipinski definition) is 3. The van der Waals surface area contributed by atoms with Crippen molar-refractivity contribution in [3.8, 4) is 6.07 Å². The summed E-state index contributed by atoms with van der Waals surface area (Å²) in [6.45, 7) is 3.22. The van der Waals surface area contributed by atoms with E-state index in [4.69, 9.17) is 5.73 Å². The Balaban J connectivity index is 1.58. The zero-order chi connectivity index (χ0) is 13.9. The fourth-order valence-corrected chi connectivity index (χ4v) is 3.76. The minimum atomic E-state index is 0.577. The van der Waals surface area contributed by atoms with E-state index in [0.29, 0.717) is 5.92 Å². The second-order valence-electron chi connectivity index (χ2n) is 6.26. The molecule has 0 bridgehead atoms. The number of nitriles is 1. The average Bonchev–Trinajstić information content (AvgIpc) is 2.47. The van der Waals surface area contributed by atoms with Crippen molar-refractivity contribution in [3.05, 3.63) is 35.4 Å². The molecule has 20 heavy (non-hydrogen) atoms. The van der Waals surface area contributed by atoms with Crippen molar-refractivity contribution in [2.75, 3.05) is 19.6 Å². The topological polar surface area (TPSA) is 53.0 Å². The summed E-state index contributed by atoms with van der Waals surface area (Å²) in [7, 11) is 0. The third kappa shape index (κ3) is 2.59. The molecule has 3 nitrogen and oxygen atoms in total. The minimum absolute atomic E-state index is 0.577. The van der Waals surface area contributed by atoms with E-state index in [0.717, 1.165) is 24.1 Å². The maximum absolute atomic E-state index is 9.22. The highest BCUT2D eigenvalue weighted by atomic mass is 15.2. The van der Waals surface area contributed by atoms with Gasteiger partial charge in [-0.25, -0.2) is 0 Å². The maximum atomic E-state index is 9.22. The molecule has 1 heterocycles. The molecule has 0 unspecified atom stereocenters. The molecule has 1 aliphatic carbocycles. The lowest BCUT2D eigenvalue weighted by molar-refractivity contribution is 0.0367. The van der Waals surface area contributed by atoms with E-state index in [-0.39, 0.29) is 0 Å². The van der Waals surface area contributed by atoms with Crippen molar-refractivity contribution < 1.29 is 0 Å². The number of nitrogens with two attached hydrogens (primary N) is 1. The van der Waals surface area contributed by atoms with Crippen LogP contribution >= 0.6 is 0 Å². The van der Waals surface area contributed by atoms with Crippen LogP contribution in [-0.4, -0.2) is 30.6 Å².